The van der Waals surface area contributed by atoms with Crippen molar-refractivity contribution in [3.05, 3.63) is 35.4 Å². The van der Waals surface area contributed by atoms with E-state index < -0.39 is 0 Å². The third-order valence-electron chi connectivity index (χ3n) is 12.2. The molecule has 0 N–H and O–H groups in total. The van der Waals surface area contributed by atoms with Crippen LogP contribution in [0.2, 0.25) is 0 Å². The summed E-state index contributed by atoms with van der Waals surface area (Å²) in [5.74, 6) is -0.394. The molecule has 350 valence electrons. The number of hydrogen-bond acceptors (Lipinski definition) is 6. The van der Waals surface area contributed by atoms with Crippen molar-refractivity contribution in [1.29, 1.82) is 0 Å². The molecule has 0 aliphatic rings. The van der Waals surface area contributed by atoms with Crippen LogP contribution in [0.4, 0.5) is 0 Å². The lowest BCUT2D eigenvalue weighted by molar-refractivity contribution is -0.191. The molecule has 0 fully saturated rings. The maximum Gasteiger partial charge on any atom is 0.329 e. The number of carbonyl (C=O) groups excluding carboxylic acids is 2. The van der Waals surface area contributed by atoms with Crippen molar-refractivity contribution in [3.8, 4) is 0 Å². The van der Waals surface area contributed by atoms with E-state index in [1.807, 2.05) is 34.4 Å². The number of hydrogen-bond donors (Lipinski definition) is 0. The predicted molar refractivity (Wildman–Crippen MR) is 258 cm³/mol. The lowest BCUT2D eigenvalue weighted by Crippen LogP contribution is -2.30. The van der Waals surface area contributed by atoms with Gasteiger partial charge in [-0.1, -0.05) is 257 Å². The minimum atomic E-state index is -0.198. The van der Waals surface area contributed by atoms with Gasteiger partial charge in [-0.2, -0.15) is 0 Å². The Morgan fingerprint density at radius 1 is 0.317 bits per heavy atom. The molecule has 0 atom stereocenters. The number of unbranched alkanes of at least 4 members (excludes halogenated alkanes) is 32. The van der Waals surface area contributed by atoms with Crippen molar-refractivity contribution in [1.82, 2.24) is 10.1 Å². The van der Waals surface area contributed by atoms with E-state index in [2.05, 4.69) is 27.7 Å². The minimum absolute atomic E-state index is 0.195. The second-order valence-electron chi connectivity index (χ2n) is 18.3. The van der Waals surface area contributed by atoms with Crippen molar-refractivity contribution in [3.63, 3.8) is 0 Å². The Bertz CT molecular complexity index is 1020. The Labute approximate surface area is 373 Å². The first-order valence-corrected chi connectivity index (χ1v) is 26.5. The van der Waals surface area contributed by atoms with Crippen LogP contribution in [0.1, 0.15) is 270 Å². The van der Waals surface area contributed by atoms with E-state index in [1.165, 1.54) is 205 Å². The third-order valence-corrected chi connectivity index (χ3v) is 12.2. The van der Waals surface area contributed by atoms with Crippen LogP contribution in [0.25, 0.3) is 0 Å². The topological polar surface area (TPSA) is 59.1 Å². The van der Waals surface area contributed by atoms with E-state index in [9.17, 15) is 9.59 Å². The lowest BCUT2D eigenvalue weighted by atomic mass is 10.1. The summed E-state index contributed by atoms with van der Waals surface area (Å²) in [7, 11) is 0. The first-order valence-electron chi connectivity index (χ1n) is 26.5. The van der Waals surface area contributed by atoms with E-state index in [0.717, 1.165) is 63.0 Å². The van der Waals surface area contributed by atoms with Gasteiger partial charge in [0, 0.05) is 26.2 Å². The highest BCUT2D eigenvalue weighted by Gasteiger charge is 2.15. The predicted octanol–water partition coefficient (Wildman–Crippen LogP) is 16.4. The zero-order valence-corrected chi connectivity index (χ0v) is 40.5. The van der Waals surface area contributed by atoms with Crippen LogP contribution in [0.3, 0.4) is 0 Å². The Balaban J connectivity index is 2.58. The Kier molecular flexibility index (Phi) is 40.9. The van der Waals surface area contributed by atoms with Crippen LogP contribution in [0, 0.1) is 0 Å². The molecular formula is C54H100N2O4. The fourth-order valence-corrected chi connectivity index (χ4v) is 8.26. The van der Waals surface area contributed by atoms with Gasteiger partial charge in [-0.25, -0.2) is 9.59 Å². The van der Waals surface area contributed by atoms with Crippen LogP contribution in [0.5, 0.6) is 0 Å². The molecule has 1 rings (SSSR count). The second-order valence-corrected chi connectivity index (χ2v) is 18.3. The standard InChI is InChI=1S/C54H100N2O4/c1-5-9-13-17-21-25-27-31-35-39-47-56(48-40-36-32-28-26-22-18-14-10-6-2)60-54(58)50-52-43-41-51(42-44-52)49-53(57)59-55(45-37-33-29-23-19-15-11-7-3)46-38-34-30-24-20-16-12-8-4/h41-44H,5-40,45-50H2,1-4H3. The molecular weight excluding hydrogens is 741 g/mol. The maximum absolute atomic E-state index is 13.2. The molecule has 0 heterocycles. The van der Waals surface area contributed by atoms with E-state index in [4.69, 9.17) is 9.68 Å². The lowest BCUT2D eigenvalue weighted by Gasteiger charge is -2.22. The van der Waals surface area contributed by atoms with Gasteiger partial charge in [-0.05, 0) is 36.8 Å². The molecule has 1 aromatic carbocycles. The molecule has 60 heavy (non-hydrogen) atoms. The Morgan fingerprint density at radius 2 is 0.500 bits per heavy atom. The number of nitrogens with zero attached hydrogens (tertiary/aromatic N) is 2. The van der Waals surface area contributed by atoms with E-state index in [1.54, 1.807) is 0 Å². The fraction of sp³-hybridized carbons (Fsp3) is 0.852. The molecule has 0 saturated heterocycles. The molecule has 0 bridgehead atoms. The van der Waals surface area contributed by atoms with Crippen molar-refractivity contribution >= 4 is 11.9 Å². The van der Waals surface area contributed by atoms with Gasteiger partial charge < -0.3 is 9.68 Å². The van der Waals surface area contributed by atoms with Gasteiger partial charge in [-0.3, -0.25) is 0 Å². The first kappa shape index (κ1) is 56.1. The molecule has 0 aliphatic heterocycles. The zero-order chi connectivity index (χ0) is 43.4. The zero-order valence-electron chi connectivity index (χ0n) is 40.5. The second kappa shape index (κ2) is 43.7. The van der Waals surface area contributed by atoms with E-state index in [0.29, 0.717) is 0 Å². The van der Waals surface area contributed by atoms with Gasteiger partial charge in [0.1, 0.15) is 0 Å². The number of rotatable bonds is 46. The van der Waals surface area contributed by atoms with Crippen LogP contribution in [-0.4, -0.2) is 48.2 Å². The smallest absolute Gasteiger partial charge is 0.329 e. The van der Waals surface area contributed by atoms with Crippen molar-refractivity contribution in [2.75, 3.05) is 26.2 Å². The minimum Gasteiger partial charge on any atom is -0.368 e. The van der Waals surface area contributed by atoms with Gasteiger partial charge in [0.05, 0.1) is 12.8 Å². The van der Waals surface area contributed by atoms with Crippen LogP contribution >= 0.6 is 0 Å². The molecule has 1 aromatic rings. The summed E-state index contributed by atoms with van der Waals surface area (Å²) < 4.78 is 0. The molecule has 6 heteroatoms. The van der Waals surface area contributed by atoms with Gasteiger partial charge in [0.25, 0.3) is 0 Å². The molecule has 6 nitrogen and oxygen atoms in total. The number of hydroxylamine groups is 4. The summed E-state index contributed by atoms with van der Waals surface area (Å²) in [6, 6.07) is 7.88. The summed E-state index contributed by atoms with van der Waals surface area (Å²) >= 11 is 0. The SMILES string of the molecule is CCCCCCCCCCCCN(CCCCCCCCCCCC)OC(=O)Cc1ccc(CC(=O)ON(CCCCCCCCCC)CCCCCCCCCC)cc1. The summed E-state index contributed by atoms with van der Waals surface area (Å²) in [6.45, 7) is 12.3. The fourth-order valence-electron chi connectivity index (χ4n) is 8.26. The molecule has 0 aliphatic carbocycles. The van der Waals surface area contributed by atoms with Crippen molar-refractivity contribution in [2.24, 2.45) is 0 Å². The summed E-state index contributed by atoms with van der Waals surface area (Å²) in [5.41, 5.74) is 1.83. The maximum atomic E-state index is 13.2. The van der Waals surface area contributed by atoms with Gasteiger partial charge >= 0.3 is 11.9 Å². The molecule has 0 amide bonds. The van der Waals surface area contributed by atoms with Crippen LogP contribution in [-0.2, 0) is 32.1 Å². The van der Waals surface area contributed by atoms with E-state index in [-0.39, 0.29) is 24.8 Å². The summed E-state index contributed by atoms with van der Waals surface area (Å²) in [6.07, 6.45) is 46.8. The van der Waals surface area contributed by atoms with Crippen molar-refractivity contribution in [2.45, 2.75) is 272 Å². The van der Waals surface area contributed by atoms with E-state index >= 15 is 0 Å². The Morgan fingerprint density at radius 3 is 0.700 bits per heavy atom. The van der Waals surface area contributed by atoms with Gasteiger partial charge in [0.15, 0.2) is 0 Å². The number of benzene rings is 1. The average molecular weight is 841 g/mol. The molecule has 0 saturated carbocycles. The highest BCUT2D eigenvalue weighted by Crippen LogP contribution is 2.16. The summed E-state index contributed by atoms with van der Waals surface area (Å²) in [4.78, 5) is 38.3. The quantitative estimate of drug-likeness (QED) is 0.0481. The third kappa shape index (κ3) is 36.7. The molecule has 0 radical (unpaired) electrons. The number of carbonyl (C=O) groups is 2. The van der Waals surface area contributed by atoms with Crippen molar-refractivity contribution < 1.29 is 19.3 Å². The average Bonchev–Trinajstić information content (AvgIpc) is 3.24. The largest absolute Gasteiger partial charge is 0.368 e. The summed E-state index contributed by atoms with van der Waals surface area (Å²) in [5, 5.41) is 3.90. The molecule has 0 aromatic heterocycles. The first-order chi connectivity index (χ1) is 29.5. The molecule has 0 spiro atoms. The monoisotopic (exact) mass is 841 g/mol. The molecule has 0 unspecified atom stereocenters. The normalized spacial score (nSPS) is 11.6. The van der Waals surface area contributed by atoms with Crippen LogP contribution < -0.4 is 0 Å². The van der Waals surface area contributed by atoms with Crippen LogP contribution in [0.15, 0.2) is 24.3 Å². The highest BCUT2D eigenvalue weighted by atomic mass is 16.7. The highest BCUT2D eigenvalue weighted by molar-refractivity contribution is 5.73. The van der Waals surface area contributed by atoms with Gasteiger partial charge in [-0.15, -0.1) is 10.1 Å². The Hall–Kier alpha value is -1.92. The van der Waals surface area contributed by atoms with Gasteiger partial charge in [0.2, 0.25) is 0 Å².